The zero-order valence-corrected chi connectivity index (χ0v) is 15.0. The standard InChI is InChI=1S/C19H21FN2O2S/c1-14(23)16-3-4-18(17(20)12-16)21-7-9-22(10-8-21)19(24)5-2-15-6-11-25-13-15/h3-4,6,11-13H,2,5,7-10H2,1H3. The van der Waals surface area contributed by atoms with Crippen LogP contribution in [0.1, 0.15) is 29.3 Å². The van der Waals surface area contributed by atoms with Gasteiger partial charge < -0.3 is 9.80 Å². The van der Waals surface area contributed by atoms with Crippen LogP contribution in [0.4, 0.5) is 10.1 Å². The first-order valence-corrected chi connectivity index (χ1v) is 9.33. The largest absolute Gasteiger partial charge is 0.366 e. The van der Waals surface area contributed by atoms with Crippen molar-refractivity contribution in [2.24, 2.45) is 0 Å². The van der Waals surface area contributed by atoms with Gasteiger partial charge in [-0.1, -0.05) is 0 Å². The van der Waals surface area contributed by atoms with Gasteiger partial charge in [0.2, 0.25) is 5.91 Å². The van der Waals surface area contributed by atoms with Gasteiger partial charge in [-0.05, 0) is 53.9 Å². The second kappa shape index (κ2) is 7.78. The number of carbonyl (C=O) groups is 2. The molecule has 1 fully saturated rings. The molecule has 0 aliphatic carbocycles. The van der Waals surface area contributed by atoms with Crippen molar-refractivity contribution in [2.75, 3.05) is 31.1 Å². The number of hydrogen-bond acceptors (Lipinski definition) is 4. The van der Waals surface area contributed by atoms with Crippen LogP contribution >= 0.6 is 11.3 Å². The minimum absolute atomic E-state index is 0.147. The molecule has 1 saturated heterocycles. The summed E-state index contributed by atoms with van der Waals surface area (Å²) in [5.74, 6) is -0.380. The fourth-order valence-corrected chi connectivity index (χ4v) is 3.73. The molecule has 0 radical (unpaired) electrons. The molecule has 132 valence electrons. The highest BCUT2D eigenvalue weighted by Crippen LogP contribution is 2.22. The van der Waals surface area contributed by atoms with E-state index in [0.29, 0.717) is 43.9 Å². The monoisotopic (exact) mass is 360 g/mol. The number of rotatable bonds is 5. The van der Waals surface area contributed by atoms with Crippen molar-refractivity contribution in [3.05, 3.63) is 52.0 Å². The van der Waals surface area contributed by atoms with E-state index in [1.54, 1.807) is 23.5 Å². The van der Waals surface area contributed by atoms with Crippen LogP contribution in [0, 0.1) is 5.82 Å². The molecule has 0 spiro atoms. The summed E-state index contributed by atoms with van der Waals surface area (Å²) in [6.07, 6.45) is 1.28. The average Bonchev–Trinajstić information content (AvgIpc) is 3.13. The lowest BCUT2D eigenvalue weighted by atomic mass is 10.1. The molecule has 1 aliphatic rings. The zero-order valence-electron chi connectivity index (χ0n) is 14.2. The van der Waals surface area contributed by atoms with Crippen molar-refractivity contribution in [1.82, 2.24) is 4.90 Å². The SMILES string of the molecule is CC(=O)c1ccc(N2CCN(C(=O)CCc3ccsc3)CC2)c(F)c1. The number of Topliss-reactive ketones (excluding diaryl/α,β-unsaturated/α-hetero) is 1. The Hall–Kier alpha value is -2.21. The Morgan fingerprint density at radius 3 is 2.52 bits per heavy atom. The summed E-state index contributed by atoms with van der Waals surface area (Å²) in [5.41, 5.74) is 2.07. The van der Waals surface area contributed by atoms with E-state index in [1.807, 2.05) is 21.2 Å². The van der Waals surface area contributed by atoms with Crippen LogP contribution in [0.2, 0.25) is 0 Å². The molecule has 0 bridgehead atoms. The van der Waals surface area contributed by atoms with Crippen molar-refractivity contribution < 1.29 is 14.0 Å². The van der Waals surface area contributed by atoms with Gasteiger partial charge in [0.25, 0.3) is 0 Å². The van der Waals surface area contributed by atoms with E-state index < -0.39 is 0 Å². The lowest BCUT2D eigenvalue weighted by Crippen LogP contribution is -2.49. The van der Waals surface area contributed by atoms with Gasteiger partial charge in [-0.3, -0.25) is 9.59 Å². The maximum Gasteiger partial charge on any atom is 0.223 e. The van der Waals surface area contributed by atoms with E-state index in [2.05, 4.69) is 5.38 Å². The van der Waals surface area contributed by atoms with Crippen LogP contribution in [0.25, 0.3) is 0 Å². The number of thiophene rings is 1. The van der Waals surface area contributed by atoms with E-state index in [9.17, 15) is 14.0 Å². The molecule has 0 saturated carbocycles. The third kappa shape index (κ3) is 4.25. The third-order valence-electron chi connectivity index (χ3n) is 4.53. The van der Waals surface area contributed by atoms with Gasteiger partial charge in [0.1, 0.15) is 5.82 Å². The van der Waals surface area contributed by atoms with Crippen molar-refractivity contribution >= 4 is 28.7 Å². The number of ketones is 1. The van der Waals surface area contributed by atoms with E-state index in [1.165, 1.54) is 18.6 Å². The number of benzene rings is 1. The Labute approximate surface area is 150 Å². The first-order valence-electron chi connectivity index (χ1n) is 8.39. The molecule has 1 aliphatic heterocycles. The Morgan fingerprint density at radius 1 is 1.16 bits per heavy atom. The molecule has 0 N–H and O–H groups in total. The van der Waals surface area contributed by atoms with Gasteiger partial charge in [0.15, 0.2) is 5.78 Å². The summed E-state index contributed by atoms with van der Waals surface area (Å²) >= 11 is 1.64. The van der Waals surface area contributed by atoms with Gasteiger partial charge in [-0.25, -0.2) is 4.39 Å². The van der Waals surface area contributed by atoms with E-state index in [0.717, 1.165) is 6.42 Å². The minimum Gasteiger partial charge on any atom is -0.366 e. The fraction of sp³-hybridized carbons (Fsp3) is 0.368. The van der Waals surface area contributed by atoms with Crippen LogP contribution in [0.5, 0.6) is 0 Å². The topological polar surface area (TPSA) is 40.6 Å². The summed E-state index contributed by atoms with van der Waals surface area (Å²) in [6, 6.07) is 6.64. The summed E-state index contributed by atoms with van der Waals surface area (Å²) in [6.45, 7) is 3.81. The lowest BCUT2D eigenvalue weighted by Gasteiger charge is -2.36. The number of amides is 1. The molecule has 2 heterocycles. The lowest BCUT2D eigenvalue weighted by molar-refractivity contribution is -0.131. The predicted molar refractivity (Wildman–Crippen MR) is 97.8 cm³/mol. The van der Waals surface area contributed by atoms with Crippen molar-refractivity contribution in [1.29, 1.82) is 0 Å². The number of anilines is 1. The molecule has 2 aromatic rings. The highest BCUT2D eigenvalue weighted by atomic mass is 32.1. The number of aryl methyl sites for hydroxylation is 1. The Kier molecular flexibility index (Phi) is 5.48. The molecular formula is C19H21FN2O2S. The highest BCUT2D eigenvalue weighted by Gasteiger charge is 2.23. The van der Waals surface area contributed by atoms with Crippen molar-refractivity contribution in [3.8, 4) is 0 Å². The van der Waals surface area contributed by atoms with Crippen molar-refractivity contribution in [3.63, 3.8) is 0 Å². The van der Waals surface area contributed by atoms with Gasteiger partial charge in [0, 0.05) is 38.2 Å². The summed E-state index contributed by atoms with van der Waals surface area (Å²) < 4.78 is 14.3. The summed E-state index contributed by atoms with van der Waals surface area (Å²) in [4.78, 5) is 27.4. The smallest absolute Gasteiger partial charge is 0.223 e. The van der Waals surface area contributed by atoms with Gasteiger partial charge in [-0.2, -0.15) is 11.3 Å². The molecule has 1 aromatic heterocycles. The summed E-state index contributed by atoms with van der Waals surface area (Å²) in [5, 5.41) is 4.09. The molecule has 3 rings (SSSR count). The Bertz CT molecular complexity index is 753. The number of halogens is 1. The zero-order chi connectivity index (χ0) is 17.8. The quantitative estimate of drug-likeness (QED) is 0.768. The first-order chi connectivity index (χ1) is 12.0. The predicted octanol–water partition coefficient (Wildman–Crippen LogP) is 3.37. The molecule has 0 unspecified atom stereocenters. The Balaban J connectivity index is 1.54. The first kappa shape index (κ1) is 17.6. The molecule has 4 nitrogen and oxygen atoms in total. The van der Waals surface area contributed by atoms with E-state index >= 15 is 0 Å². The number of carbonyl (C=O) groups excluding carboxylic acids is 2. The van der Waals surface area contributed by atoms with Crippen LogP contribution in [0.3, 0.4) is 0 Å². The molecule has 1 aromatic carbocycles. The van der Waals surface area contributed by atoms with Gasteiger partial charge in [-0.15, -0.1) is 0 Å². The van der Waals surface area contributed by atoms with Crippen molar-refractivity contribution in [2.45, 2.75) is 19.8 Å². The third-order valence-corrected chi connectivity index (χ3v) is 5.27. The average molecular weight is 360 g/mol. The van der Waals surface area contributed by atoms with E-state index in [-0.39, 0.29) is 17.5 Å². The molecule has 25 heavy (non-hydrogen) atoms. The molecule has 0 atom stereocenters. The van der Waals surface area contributed by atoms with Gasteiger partial charge in [0.05, 0.1) is 5.69 Å². The number of hydrogen-bond donors (Lipinski definition) is 0. The second-order valence-corrected chi connectivity index (χ2v) is 7.00. The maximum atomic E-state index is 14.3. The van der Waals surface area contributed by atoms with Crippen LogP contribution in [-0.4, -0.2) is 42.8 Å². The van der Waals surface area contributed by atoms with Crippen LogP contribution in [0.15, 0.2) is 35.0 Å². The fourth-order valence-electron chi connectivity index (χ4n) is 3.02. The van der Waals surface area contributed by atoms with Gasteiger partial charge >= 0.3 is 0 Å². The normalized spacial score (nSPS) is 14.6. The van der Waals surface area contributed by atoms with Crippen LogP contribution < -0.4 is 4.90 Å². The van der Waals surface area contributed by atoms with E-state index in [4.69, 9.17) is 0 Å². The Morgan fingerprint density at radius 2 is 1.92 bits per heavy atom. The highest BCUT2D eigenvalue weighted by molar-refractivity contribution is 7.07. The number of piperazine rings is 1. The molecule has 1 amide bonds. The van der Waals surface area contributed by atoms with Crippen LogP contribution in [-0.2, 0) is 11.2 Å². The molecule has 6 heteroatoms. The summed E-state index contributed by atoms with van der Waals surface area (Å²) in [7, 11) is 0. The minimum atomic E-state index is -0.384. The maximum absolute atomic E-state index is 14.3. The molecular weight excluding hydrogens is 339 g/mol. The number of nitrogens with zero attached hydrogens (tertiary/aromatic N) is 2. The second-order valence-electron chi connectivity index (χ2n) is 6.22.